The second-order valence-corrected chi connectivity index (χ2v) is 8.86. The average molecular weight is 383 g/mol. The number of rotatable bonds is 6. The van der Waals surface area contributed by atoms with Crippen LogP contribution in [0.1, 0.15) is 47.0 Å². The van der Waals surface area contributed by atoms with E-state index in [0.29, 0.717) is 24.3 Å². The average Bonchev–Trinajstić information content (AvgIpc) is 3.03. The minimum atomic E-state index is -0.0442. The van der Waals surface area contributed by atoms with E-state index in [2.05, 4.69) is 26.1 Å². The number of nitrogens with two attached hydrogens (primary N) is 1. The number of hydrogen-bond donors (Lipinski definition) is 2. The zero-order chi connectivity index (χ0) is 20.3. The van der Waals surface area contributed by atoms with Crippen LogP contribution in [0.25, 0.3) is 11.3 Å². The van der Waals surface area contributed by atoms with E-state index < -0.39 is 0 Å². The lowest BCUT2D eigenvalue weighted by Gasteiger charge is -2.36. The van der Waals surface area contributed by atoms with Crippen molar-refractivity contribution >= 4 is 11.7 Å². The first-order chi connectivity index (χ1) is 13.3. The number of carbonyl (C=O) groups is 1. The predicted molar refractivity (Wildman–Crippen MR) is 115 cm³/mol. The Morgan fingerprint density at radius 2 is 1.96 bits per heavy atom. The molecule has 4 atom stereocenters. The molecule has 5 nitrogen and oxygen atoms in total. The number of carbonyl (C=O) groups excluding carboxylic acids is 1. The second kappa shape index (κ2) is 8.91. The molecule has 1 aromatic carbocycles. The molecule has 0 spiro atoms. The summed E-state index contributed by atoms with van der Waals surface area (Å²) in [6, 6.07) is 12.0. The molecule has 3 N–H and O–H groups in total. The summed E-state index contributed by atoms with van der Waals surface area (Å²) < 4.78 is 1.83. The molecule has 2 aromatic rings. The Morgan fingerprint density at radius 3 is 2.61 bits per heavy atom. The van der Waals surface area contributed by atoms with Crippen LogP contribution in [0.5, 0.6) is 0 Å². The van der Waals surface area contributed by atoms with Gasteiger partial charge in [-0.1, -0.05) is 57.5 Å². The van der Waals surface area contributed by atoms with Gasteiger partial charge in [0.15, 0.2) is 0 Å². The Hall–Kier alpha value is -2.14. The van der Waals surface area contributed by atoms with Gasteiger partial charge in [0, 0.05) is 23.6 Å². The number of aromatic nitrogens is 2. The third-order valence-corrected chi connectivity index (χ3v) is 5.92. The maximum absolute atomic E-state index is 13.2. The molecule has 28 heavy (non-hydrogen) atoms. The van der Waals surface area contributed by atoms with Crippen LogP contribution >= 0.6 is 0 Å². The van der Waals surface area contributed by atoms with Crippen molar-refractivity contribution in [3.8, 4) is 11.3 Å². The van der Waals surface area contributed by atoms with Gasteiger partial charge in [0.2, 0.25) is 5.91 Å². The number of anilines is 1. The molecule has 0 bridgehead atoms. The Kier molecular flexibility index (Phi) is 6.55. The van der Waals surface area contributed by atoms with Gasteiger partial charge < -0.3 is 11.1 Å². The summed E-state index contributed by atoms with van der Waals surface area (Å²) in [5.74, 6) is 2.46. The largest absolute Gasteiger partial charge is 0.326 e. The van der Waals surface area contributed by atoms with E-state index in [1.54, 1.807) is 0 Å². The molecule has 1 aliphatic rings. The zero-order valence-electron chi connectivity index (χ0n) is 17.6. The molecule has 0 radical (unpaired) electrons. The van der Waals surface area contributed by atoms with Crippen LogP contribution < -0.4 is 11.1 Å². The Morgan fingerprint density at radius 1 is 1.25 bits per heavy atom. The number of benzene rings is 1. The minimum Gasteiger partial charge on any atom is -0.326 e. The third kappa shape index (κ3) is 4.82. The molecule has 1 saturated carbocycles. The van der Waals surface area contributed by atoms with Gasteiger partial charge in [-0.05, 0) is 37.5 Å². The Labute approximate surface area is 168 Å². The van der Waals surface area contributed by atoms with Crippen molar-refractivity contribution in [1.82, 2.24) is 9.78 Å². The molecule has 3 rings (SSSR count). The number of amides is 1. The quantitative estimate of drug-likeness (QED) is 0.770. The summed E-state index contributed by atoms with van der Waals surface area (Å²) in [7, 11) is 0. The summed E-state index contributed by atoms with van der Waals surface area (Å²) in [5.41, 5.74) is 7.91. The van der Waals surface area contributed by atoms with Crippen LogP contribution in [0, 0.1) is 23.7 Å². The predicted octanol–water partition coefficient (Wildman–Crippen LogP) is 4.54. The van der Waals surface area contributed by atoms with Crippen molar-refractivity contribution in [1.29, 1.82) is 0 Å². The molecule has 0 saturated heterocycles. The first-order valence-corrected chi connectivity index (χ1v) is 10.5. The van der Waals surface area contributed by atoms with Gasteiger partial charge in [-0.15, -0.1) is 0 Å². The van der Waals surface area contributed by atoms with E-state index in [1.165, 1.54) is 6.42 Å². The van der Waals surface area contributed by atoms with Gasteiger partial charge in [0.25, 0.3) is 0 Å². The first kappa shape index (κ1) is 20.6. The molecule has 5 heteroatoms. The van der Waals surface area contributed by atoms with E-state index in [4.69, 9.17) is 10.8 Å². The Bertz CT molecular complexity index is 781. The van der Waals surface area contributed by atoms with E-state index in [1.807, 2.05) is 48.0 Å². The minimum absolute atomic E-state index is 0.0442. The molecule has 1 aromatic heterocycles. The van der Waals surface area contributed by atoms with E-state index in [0.717, 1.165) is 29.9 Å². The van der Waals surface area contributed by atoms with Gasteiger partial charge in [-0.3, -0.25) is 4.79 Å². The highest BCUT2D eigenvalue weighted by Gasteiger charge is 2.35. The standard InChI is InChI=1S/C23H34N4O/c1-15(2)19-11-10-16(3)12-20(19)23(28)25-22-13-21(18-8-6-5-7-9-18)26-27(22)14-17(4)24/h5-9,13,15-17,19-20H,10-12,14,24H2,1-4H3,(H,25,28). The van der Waals surface area contributed by atoms with Crippen LogP contribution in [0.15, 0.2) is 36.4 Å². The molecule has 4 unspecified atom stereocenters. The first-order valence-electron chi connectivity index (χ1n) is 10.5. The van der Waals surface area contributed by atoms with Gasteiger partial charge in [0.1, 0.15) is 5.82 Å². The molecule has 152 valence electrons. The van der Waals surface area contributed by atoms with Crippen molar-refractivity contribution < 1.29 is 4.79 Å². The van der Waals surface area contributed by atoms with Crippen molar-refractivity contribution in [2.45, 2.75) is 59.5 Å². The molecular formula is C23H34N4O. The SMILES string of the molecule is CC(N)Cn1nc(-c2ccccc2)cc1NC(=O)C1CC(C)CCC1C(C)C. The monoisotopic (exact) mass is 382 g/mol. The van der Waals surface area contributed by atoms with Gasteiger partial charge in [0.05, 0.1) is 12.2 Å². The number of nitrogens with zero attached hydrogens (tertiary/aromatic N) is 2. The van der Waals surface area contributed by atoms with Crippen molar-refractivity contribution in [2.24, 2.45) is 29.4 Å². The molecule has 1 fully saturated rings. The lowest BCUT2D eigenvalue weighted by molar-refractivity contribution is -0.124. The summed E-state index contributed by atoms with van der Waals surface area (Å²) >= 11 is 0. The molecule has 1 amide bonds. The summed E-state index contributed by atoms with van der Waals surface area (Å²) in [4.78, 5) is 13.2. The van der Waals surface area contributed by atoms with Crippen LogP contribution in [0.2, 0.25) is 0 Å². The van der Waals surface area contributed by atoms with Crippen LogP contribution in [0.3, 0.4) is 0 Å². The fourth-order valence-corrected chi connectivity index (χ4v) is 4.40. The molecule has 1 heterocycles. The number of hydrogen-bond acceptors (Lipinski definition) is 3. The van der Waals surface area contributed by atoms with E-state index in [9.17, 15) is 4.79 Å². The summed E-state index contributed by atoms with van der Waals surface area (Å²) in [6.07, 6.45) is 3.31. The maximum atomic E-state index is 13.2. The molecule has 1 aliphatic carbocycles. The normalized spacial score (nSPS) is 23.6. The van der Waals surface area contributed by atoms with Crippen LogP contribution in [0.4, 0.5) is 5.82 Å². The smallest absolute Gasteiger partial charge is 0.228 e. The number of nitrogens with one attached hydrogen (secondary N) is 1. The highest BCUT2D eigenvalue weighted by atomic mass is 16.2. The molecular weight excluding hydrogens is 348 g/mol. The van der Waals surface area contributed by atoms with Gasteiger partial charge in [-0.25, -0.2) is 4.68 Å². The third-order valence-electron chi connectivity index (χ3n) is 5.92. The summed E-state index contributed by atoms with van der Waals surface area (Å²) in [6.45, 7) is 9.23. The van der Waals surface area contributed by atoms with Crippen LogP contribution in [-0.4, -0.2) is 21.7 Å². The fraction of sp³-hybridized carbons (Fsp3) is 0.565. The van der Waals surface area contributed by atoms with Crippen LogP contribution in [-0.2, 0) is 11.3 Å². The maximum Gasteiger partial charge on any atom is 0.228 e. The van der Waals surface area contributed by atoms with Gasteiger partial charge >= 0.3 is 0 Å². The Balaban J connectivity index is 1.85. The molecule has 0 aliphatic heterocycles. The zero-order valence-corrected chi connectivity index (χ0v) is 17.6. The second-order valence-electron chi connectivity index (χ2n) is 8.86. The van der Waals surface area contributed by atoms with E-state index in [-0.39, 0.29) is 17.9 Å². The summed E-state index contributed by atoms with van der Waals surface area (Å²) in [5, 5.41) is 7.90. The van der Waals surface area contributed by atoms with Gasteiger partial charge in [-0.2, -0.15) is 5.10 Å². The van der Waals surface area contributed by atoms with Crippen molar-refractivity contribution in [3.05, 3.63) is 36.4 Å². The highest BCUT2D eigenvalue weighted by molar-refractivity contribution is 5.92. The lowest BCUT2D eigenvalue weighted by atomic mass is 9.70. The van der Waals surface area contributed by atoms with Crippen molar-refractivity contribution in [2.75, 3.05) is 5.32 Å². The van der Waals surface area contributed by atoms with Crippen molar-refractivity contribution in [3.63, 3.8) is 0 Å². The lowest BCUT2D eigenvalue weighted by Crippen LogP contribution is -2.37. The fourth-order valence-electron chi connectivity index (χ4n) is 4.40. The van der Waals surface area contributed by atoms with E-state index >= 15 is 0 Å². The topological polar surface area (TPSA) is 72.9 Å². The highest BCUT2D eigenvalue weighted by Crippen LogP contribution is 2.38.